The summed E-state index contributed by atoms with van der Waals surface area (Å²) in [5.74, 6) is 0.282. The summed E-state index contributed by atoms with van der Waals surface area (Å²) in [4.78, 5) is 3.74. The highest BCUT2D eigenvalue weighted by Gasteiger charge is 1.93. The van der Waals surface area contributed by atoms with Gasteiger partial charge in [0.25, 0.3) is 0 Å². The van der Waals surface area contributed by atoms with Crippen LogP contribution in [0.15, 0.2) is 6.33 Å². The maximum Gasteiger partial charge on any atom is 0.239 e. The van der Waals surface area contributed by atoms with Crippen LogP contribution in [-0.2, 0) is 11.5 Å². The van der Waals surface area contributed by atoms with Gasteiger partial charge in [-0.05, 0) is 6.42 Å². The van der Waals surface area contributed by atoms with Gasteiger partial charge in [0.2, 0.25) is 5.95 Å². The molecule has 1 aromatic heterocycles. The lowest BCUT2D eigenvalue weighted by Crippen LogP contribution is -2.04. The molecule has 0 radical (unpaired) electrons. The van der Waals surface area contributed by atoms with Gasteiger partial charge < -0.3 is 10.5 Å². The summed E-state index contributed by atoms with van der Waals surface area (Å²) in [7, 11) is 0. The Morgan fingerprint density at radius 3 is 3.09 bits per heavy atom. The van der Waals surface area contributed by atoms with Gasteiger partial charge in [0, 0.05) is 6.61 Å². The zero-order valence-corrected chi connectivity index (χ0v) is 6.53. The Labute approximate surface area is 65.2 Å². The molecule has 0 spiro atoms. The second-order valence-corrected chi connectivity index (χ2v) is 2.18. The molecule has 62 valence electrons. The van der Waals surface area contributed by atoms with E-state index in [4.69, 9.17) is 10.5 Å². The SMILES string of the molecule is CCCOCn1cnc(N)n1. The van der Waals surface area contributed by atoms with Gasteiger partial charge in [-0.15, -0.1) is 5.10 Å². The molecule has 1 rings (SSSR count). The molecule has 0 aliphatic heterocycles. The molecule has 5 nitrogen and oxygen atoms in total. The summed E-state index contributed by atoms with van der Waals surface area (Å²) < 4.78 is 6.75. The lowest BCUT2D eigenvalue weighted by atomic mass is 10.5. The molecule has 0 fully saturated rings. The summed E-state index contributed by atoms with van der Waals surface area (Å²) in [5.41, 5.74) is 5.28. The van der Waals surface area contributed by atoms with E-state index in [9.17, 15) is 0 Å². The fourth-order valence-corrected chi connectivity index (χ4v) is 0.674. The van der Waals surface area contributed by atoms with Crippen LogP contribution in [0.5, 0.6) is 0 Å². The van der Waals surface area contributed by atoms with Crippen molar-refractivity contribution < 1.29 is 4.74 Å². The molecule has 0 amide bonds. The lowest BCUT2D eigenvalue weighted by molar-refractivity contribution is 0.0693. The summed E-state index contributed by atoms with van der Waals surface area (Å²) in [6.07, 6.45) is 2.55. The summed E-state index contributed by atoms with van der Waals surface area (Å²) in [5, 5.41) is 3.84. The number of nitrogens with two attached hydrogens (primary N) is 1. The molecule has 11 heavy (non-hydrogen) atoms. The van der Waals surface area contributed by atoms with E-state index in [1.807, 2.05) is 0 Å². The van der Waals surface area contributed by atoms with Gasteiger partial charge in [-0.1, -0.05) is 6.92 Å². The van der Waals surface area contributed by atoms with Crippen LogP contribution in [0.2, 0.25) is 0 Å². The first-order chi connectivity index (χ1) is 5.33. The number of hydrogen-bond acceptors (Lipinski definition) is 4. The average molecular weight is 156 g/mol. The zero-order chi connectivity index (χ0) is 8.10. The van der Waals surface area contributed by atoms with Crippen molar-refractivity contribution in [3.8, 4) is 0 Å². The monoisotopic (exact) mass is 156 g/mol. The normalized spacial score (nSPS) is 10.3. The van der Waals surface area contributed by atoms with Gasteiger partial charge in [-0.3, -0.25) is 0 Å². The molecule has 0 aliphatic carbocycles. The minimum absolute atomic E-state index is 0.282. The molecule has 0 saturated heterocycles. The largest absolute Gasteiger partial charge is 0.367 e. The predicted octanol–water partition coefficient (Wildman–Crippen LogP) is 0.244. The number of ether oxygens (including phenoxy) is 1. The molecular formula is C6H12N4O. The molecular weight excluding hydrogens is 144 g/mol. The van der Waals surface area contributed by atoms with Crippen LogP contribution in [0.25, 0.3) is 0 Å². The van der Waals surface area contributed by atoms with Crippen LogP contribution >= 0.6 is 0 Å². The molecule has 0 atom stereocenters. The third-order valence-corrected chi connectivity index (χ3v) is 1.13. The summed E-state index contributed by atoms with van der Waals surface area (Å²) in [6, 6.07) is 0. The molecule has 0 saturated carbocycles. The molecule has 2 N–H and O–H groups in total. The van der Waals surface area contributed by atoms with Crippen molar-refractivity contribution in [3.05, 3.63) is 6.33 Å². The first-order valence-corrected chi connectivity index (χ1v) is 3.55. The van der Waals surface area contributed by atoms with Gasteiger partial charge in [0.1, 0.15) is 13.1 Å². The van der Waals surface area contributed by atoms with E-state index < -0.39 is 0 Å². The summed E-state index contributed by atoms with van der Waals surface area (Å²) >= 11 is 0. The molecule has 5 heteroatoms. The van der Waals surface area contributed by atoms with Crippen LogP contribution in [-0.4, -0.2) is 21.4 Å². The minimum atomic E-state index is 0.282. The van der Waals surface area contributed by atoms with Crippen LogP contribution in [0, 0.1) is 0 Å². The van der Waals surface area contributed by atoms with Crippen LogP contribution in [0.1, 0.15) is 13.3 Å². The van der Waals surface area contributed by atoms with Gasteiger partial charge in [-0.25, -0.2) is 9.67 Å². The standard InChI is InChI=1S/C6H12N4O/c1-2-3-11-5-10-4-8-6(7)9-10/h4H,2-3,5H2,1H3,(H2,7,9). The highest BCUT2D eigenvalue weighted by molar-refractivity contribution is 5.08. The van der Waals surface area contributed by atoms with Crippen molar-refractivity contribution >= 4 is 5.95 Å². The van der Waals surface area contributed by atoms with Crippen molar-refractivity contribution in [2.75, 3.05) is 12.3 Å². The first kappa shape index (κ1) is 8.00. The molecule has 0 unspecified atom stereocenters. The van der Waals surface area contributed by atoms with Gasteiger partial charge >= 0.3 is 0 Å². The first-order valence-electron chi connectivity index (χ1n) is 3.55. The van der Waals surface area contributed by atoms with Gasteiger partial charge in [0.05, 0.1) is 0 Å². The maximum absolute atomic E-state index is 5.28. The van der Waals surface area contributed by atoms with Crippen LogP contribution < -0.4 is 5.73 Å². The van der Waals surface area contributed by atoms with Crippen LogP contribution in [0.4, 0.5) is 5.95 Å². The molecule has 0 bridgehead atoms. The Hall–Kier alpha value is -1.10. The topological polar surface area (TPSA) is 66.0 Å². The molecule has 1 aromatic rings. The number of rotatable bonds is 4. The van der Waals surface area contributed by atoms with E-state index in [1.54, 1.807) is 11.0 Å². The number of anilines is 1. The van der Waals surface area contributed by atoms with E-state index in [1.165, 1.54) is 0 Å². The van der Waals surface area contributed by atoms with Gasteiger partial charge in [0.15, 0.2) is 0 Å². The highest BCUT2D eigenvalue weighted by atomic mass is 16.5. The molecule has 0 aliphatic rings. The van der Waals surface area contributed by atoms with Crippen molar-refractivity contribution in [2.45, 2.75) is 20.1 Å². The van der Waals surface area contributed by atoms with Crippen molar-refractivity contribution in [1.29, 1.82) is 0 Å². The Morgan fingerprint density at radius 1 is 1.73 bits per heavy atom. The van der Waals surface area contributed by atoms with E-state index >= 15 is 0 Å². The number of hydrogen-bond donors (Lipinski definition) is 1. The zero-order valence-electron chi connectivity index (χ0n) is 6.53. The number of nitrogens with zero attached hydrogens (tertiary/aromatic N) is 3. The van der Waals surface area contributed by atoms with Crippen molar-refractivity contribution in [3.63, 3.8) is 0 Å². The van der Waals surface area contributed by atoms with E-state index in [0.717, 1.165) is 13.0 Å². The van der Waals surface area contributed by atoms with Crippen LogP contribution in [0.3, 0.4) is 0 Å². The summed E-state index contributed by atoms with van der Waals surface area (Å²) in [6.45, 7) is 3.22. The van der Waals surface area contributed by atoms with E-state index in [0.29, 0.717) is 6.73 Å². The average Bonchev–Trinajstić information content (AvgIpc) is 2.37. The third-order valence-electron chi connectivity index (χ3n) is 1.13. The lowest BCUT2D eigenvalue weighted by Gasteiger charge is -1.99. The van der Waals surface area contributed by atoms with Crippen molar-refractivity contribution in [2.24, 2.45) is 0 Å². The fourth-order valence-electron chi connectivity index (χ4n) is 0.674. The smallest absolute Gasteiger partial charge is 0.239 e. The minimum Gasteiger partial charge on any atom is -0.367 e. The Bertz CT molecular complexity index is 210. The number of aromatic nitrogens is 3. The maximum atomic E-state index is 5.28. The van der Waals surface area contributed by atoms with E-state index in [-0.39, 0.29) is 5.95 Å². The molecule has 0 aromatic carbocycles. The van der Waals surface area contributed by atoms with E-state index in [2.05, 4.69) is 17.0 Å². The quantitative estimate of drug-likeness (QED) is 0.634. The second kappa shape index (κ2) is 3.92. The predicted molar refractivity (Wildman–Crippen MR) is 40.7 cm³/mol. The van der Waals surface area contributed by atoms with Gasteiger partial charge in [-0.2, -0.15) is 0 Å². The molecule has 1 heterocycles. The number of nitrogen functional groups attached to an aromatic ring is 1. The Balaban J connectivity index is 2.27. The second-order valence-electron chi connectivity index (χ2n) is 2.18. The third kappa shape index (κ3) is 2.55. The Kier molecular flexibility index (Phi) is 2.85. The Morgan fingerprint density at radius 2 is 2.55 bits per heavy atom. The van der Waals surface area contributed by atoms with Crippen molar-refractivity contribution in [1.82, 2.24) is 14.8 Å². The highest BCUT2D eigenvalue weighted by Crippen LogP contribution is 1.90. The fraction of sp³-hybridized carbons (Fsp3) is 0.667.